The van der Waals surface area contributed by atoms with E-state index in [0.29, 0.717) is 0 Å². The molecule has 1 aliphatic rings. The van der Waals surface area contributed by atoms with Gasteiger partial charge in [-0.3, -0.25) is 0 Å². The van der Waals surface area contributed by atoms with Gasteiger partial charge in [0, 0.05) is 18.4 Å². The number of nitrogens with zero attached hydrogens (tertiary/aromatic N) is 1. The van der Waals surface area contributed by atoms with E-state index < -0.39 is 0 Å². The van der Waals surface area contributed by atoms with Crippen LogP contribution in [0.5, 0.6) is 11.5 Å². The average Bonchev–Trinajstić information content (AvgIpc) is 2.95. The van der Waals surface area contributed by atoms with E-state index in [0.717, 1.165) is 18.0 Å². The topological polar surface area (TPSA) is 23.4 Å². The third-order valence-electron chi connectivity index (χ3n) is 4.28. The van der Waals surface area contributed by atoms with Gasteiger partial charge < -0.3 is 14.0 Å². The van der Waals surface area contributed by atoms with E-state index in [4.69, 9.17) is 9.47 Å². The minimum Gasteiger partial charge on any atom is -0.493 e. The number of benzene rings is 1. The number of hydrogen-bond donors (Lipinski definition) is 0. The van der Waals surface area contributed by atoms with Gasteiger partial charge in [0.05, 0.1) is 19.6 Å². The van der Waals surface area contributed by atoms with Crippen molar-refractivity contribution in [3.8, 4) is 11.5 Å². The van der Waals surface area contributed by atoms with Crippen molar-refractivity contribution in [3.63, 3.8) is 0 Å². The van der Waals surface area contributed by atoms with Crippen molar-refractivity contribution < 1.29 is 9.47 Å². The van der Waals surface area contributed by atoms with Gasteiger partial charge in [-0.2, -0.15) is 0 Å². The highest BCUT2D eigenvalue weighted by molar-refractivity contribution is 5.56. The van der Waals surface area contributed by atoms with Gasteiger partial charge in [-0.05, 0) is 42.3 Å². The summed E-state index contributed by atoms with van der Waals surface area (Å²) < 4.78 is 13.1. The lowest BCUT2D eigenvalue weighted by Crippen LogP contribution is -2.31. The maximum atomic E-state index is 5.44. The molecule has 2 heterocycles. The Balaban J connectivity index is 2.27. The van der Waals surface area contributed by atoms with Gasteiger partial charge in [-0.15, -0.1) is 6.58 Å². The van der Waals surface area contributed by atoms with Crippen LogP contribution in [0.25, 0.3) is 0 Å². The van der Waals surface area contributed by atoms with Crippen LogP contribution in [0.4, 0.5) is 0 Å². The summed E-state index contributed by atoms with van der Waals surface area (Å²) in [6.07, 6.45) is 4.11. The first-order valence-electron chi connectivity index (χ1n) is 6.68. The minimum atomic E-state index is -0.212. The quantitative estimate of drug-likeness (QED) is 0.798. The van der Waals surface area contributed by atoms with E-state index in [1.165, 1.54) is 16.8 Å². The van der Waals surface area contributed by atoms with Crippen LogP contribution in [0.2, 0.25) is 0 Å². The zero-order chi connectivity index (χ0) is 14.3. The van der Waals surface area contributed by atoms with E-state index in [9.17, 15) is 0 Å². The normalized spacial score (nSPS) is 19.9. The molecule has 0 aliphatic carbocycles. The Morgan fingerprint density at radius 3 is 2.60 bits per heavy atom. The van der Waals surface area contributed by atoms with Gasteiger partial charge in [-0.1, -0.05) is 6.08 Å². The Morgan fingerprint density at radius 1 is 1.25 bits per heavy atom. The molecule has 0 fully saturated rings. The number of fused-ring (bicyclic) bond motifs is 2. The number of allylic oxidation sites excluding steroid dienone is 1. The predicted octanol–water partition coefficient (Wildman–Crippen LogP) is 3.36. The fourth-order valence-electron chi connectivity index (χ4n) is 3.09. The molecule has 1 aromatic heterocycles. The number of aromatic nitrogens is 1. The molecule has 3 rings (SSSR count). The molecule has 3 heteroatoms. The molecule has 0 radical (unpaired) electrons. The molecule has 3 nitrogen and oxygen atoms in total. The first kappa shape index (κ1) is 12.9. The van der Waals surface area contributed by atoms with Gasteiger partial charge in [0.15, 0.2) is 11.5 Å². The number of methoxy groups -OCH3 is 2. The van der Waals surface area contributed by atoms with E-state index in [2.05, 4.69) is 48.5 Å². The van der Waals surface area contributed by atoms with Crippen molar-refractivity contribution in [2.75, 3.05) is 14.2 Å². The highest BCUT2D eigenvalue weighted by Crippen LogP contribution is 2.43. The molecule has 0 unspecified atom stereocenters. The third-order valence-corrected chi connectivity index (χ3v) is 4.28. The Morgan fingerprint density at radius 2 is 1.95 bits per heavy atom. The van der Waals surface area contributed by atoms with E-state index in [-0.39, 0.29) is 5.41 Å². The number of ether oxygens (including phenoxy) is 2. The summed E-state index contributed by atoms with van der Waals surface area (Å²) in [7, 11) is 3.34. The van der Waals surface area contributed by atoms with Crippen LogP contribution in [-0.2, 0) is 12.0 Å². The van der Waals surface area contributed by atoms with E-state index in [1.54, 1.807) is 14.2 Å². The highest BCUT2D eigenvalue weighted by atomic mass is 16.5. The second-order valence-corrected chi connectivity index (χ2v) is 5.29. The fraction of sp³-hybridized carbons (Fsp3) is 0.294. The Hall–Kier alpha value is -2.16. The van der Waals surface area contributed by atoms with E-state index in [1.807, 2.05) is 6.08 Å². The number of rotatable bonds is 3. The molecule has 0 saturated carbocycles. The molecule has 2 aromatic rings. The standard InChI is InChI=1S/C17H19NO2/c1-5-17(2)13-10-15(20-4)14(19-3)9-12(13)11-18-8-6-7-16(17)18/h5-10H,1,11H2,2-4H3/t17-/m1/s1. The molecule has 0 bridgehead atoms. The van der Waals surface area contributed by atoms with Gasteiger partial charge in [0.2, 0.25) is 0 Å². The molecule has 0 N–H and O–H groups in total. The summed E-state index contributed by atoms with van der Waals surface area (Å²) in [5.74, 6) is 1.53. The molecule has 0 spiro atoms. The van der Waals surface area contributed by atoms with Crippen LogP contribution < -0.4 is 9.47 Å². The van der Waals surface area contributed by atoms with Crippen molar-refractivity contribution >= 4 is 0 Å². The Kier molecular flexibility index (Phi) is 2.85. The van der Waals surface area contributed by atoms with Gasteiger partial charge >= 0.3 is 0 Å². The van der Waals surface area contributed by atoms with Crippen LogP contribution in [-0.4, -0.2) is 18.8 Å². The van der Waals surface area contributed by atoms with Crippen molar-refractivity contribution in [2.45, 2.75) is 18.9 Å². The lowest BCUT2D eigenvalue weighted by Gasteiger charge is -2.35. The van der Waals surface area contributed by atoms with E-state index >= 15 is 0 Å². The fourth-order valence-corrected chi connectivity index (χ4v) is 3.09. The molecule has 0 saturated heterocycles. The highest BCUT2D eigenvalue weighted by Gasteiger charge is 2.35. The second-order valence-electron chi connectivity index (χ2n) is 5.29. The minimum absolute atomic E-state index is 0.212. The van der Waals surface area contributed by atoms with Crippen LogP contribution in [0.1, 0.15) is 23.7 Å². The lowest BCUT2D eigenvalue weighted by molar-refractivity contribution is 0.352. The summed E-state index contributed by atoms with van der Waals surface area (Å²) >= 11 is 0. The predicted molar refractivity (Wildman–Crippen MR) is 79.7 cm³/mol. The monoisotopic (exact) mass is 269 g/mol. The number of hydrogen-bond acceptors (Lipinski definition) is 2. The largest absolute Gasteiger partial charge is 0.493 e. The third kappa shape index (κ3) is 1.59. The van der Waals surface area contributed by atoms with Crippen molar-refractivity contribution in [1.29, 1.82) is 0 Å². The van der Waals surface area contributed by atoms with Gasteiger partial charge in [0.1, 0.15) is 0 Å². The SMILES string of the molecule is C=C[C@]1(C)c2cc(OC)c(OC)cc2Cn2cccc21. The molecule has 1 aromatic carbocycles. The van der Waals surface area contributed by atoms with Gasteiger partial charge in [0.25, 0.3) is 0 Å². The average molecular weight is 269 g/mol. The molecule has 1 aliphatic heterocycles. The second kappa shape index (κ2) is 4.44. The Bertz CT molecular complexity index is 672. The van der Waals surface area contributed by atoms with Crippen molar-refractivity contribution in [2.24, 2.45) is 0 Å². The molecule has 1 atom stereocenters. The summed E-state index contributed by atoms with van der Waals surface area (Å²) in [4.78, 5) is 0. The van der Waals surface area contributed by atoms with Crippen LogP contribution in [0, 0.1) is 0 Å². The Labute approximate surface area is 119 Å². The van der Waals surface area contributed by atoms with Gasteiger partial charge in [-0.25, -0.2) is 0 Å². The maximum Gasteiger partial charge on any atom is 0.161 e. The van der Waals surface area contributed by atoms with Crippen LogP contribution >= 0.6 is 0 Å². The first-order valence-corrected chi connectivity index (χ1v) is 6.68. The molecule has 20 heavy (non-hydrogen) atoms. The molecule has 0 amide bonds. The zero-order valence-electron chi connectivity index (χ0n) is 12.1. The summed E-state index contributed by atoms with van der Waals surface area (Å²) in [5.41, 5.74) is 3.52. The zero-order valence-corrected chi connectivity index (χ0v) is 12.1. The van der Waals surface area contributed by atoms with Crippen LogP contribution in [0.15, 0.2) is 43.1 Å². The van der Waals surface area contributed by atoms with Crippen molar-refractivity contribution in [1.82, 2.24) is 4.57 Å². The maximum absolute atomic E-state index is 5.44. The molecule has 104 valence electrons. The smallest absolute Gasteiger partial charge is 0.161 e. The summed E-state index contributed by atoms with van der Waals surface area (Å²) in [6, 6.07) is 8.38. The summed E-state index contributed by atoms with van der Waals surface area (Å²) in [6.45, 7) is 7.09. The van der Waals surface area contributed by atoms with Crippen molar-refractivity contribution in [3.05, 3.63) is 59.9 Å². The van der Waals surface area contributed by atoms with Crippen LogP contribution in [0.3, 0.4) is 0 Å². The molecular formula is C17H19NO2. The first-order chi connectivity index (χ1) is 9.63. The molecular weight excluding hydrogens is 250 g/mol. The summed E-state index contributed by atoms with van der Waals surface area (Å²) in [5, 5.41) is 0. The lowest BCUT2D eigenvalue weighted by atomic mass is 9.75.